The van der Waals surface area contributed by atoms with Crippen LogP contribution in [0, 0.1) is 0 Å². The number of aliphatic hydroxyl groups excluding tert-OH is 1. The molecule has 0 radical (unpaired) electrons. The lowest BCUT2D eigenvalue weighted by Crippen LogP contribution is -2.43. The number of benzene rings is 1. The molecule has 0 aliphatic carbocycles. The van der Waals surface area contributed by atoms with E-state index >= 15 is 0 Å². The first-order chi connectivity index (χ1) is 7.83. The van der Waals surface area contributed by atoms with Crippen LogP contribution in [0.15, 0.2) is 24.3 Å². The third-order valence-electron chi connectivity index (χ3n) is 2.18. The van der Waals surface area contributed by atoms with Gasteiger partial charge in [0.25, 0.3) is 5.91 Å². The summed E-state index contributed by atoms with van der Waals surface area (Å²) in [5.41, 5.74) is 0.192. The van der Waals surface area contributed by atoms with Crippen LogP contribution in [-0.4, -0.2) is 23.7 Å². The summed E-state index contributed by atoms with van der Waals surface area (Å²) in [4.78, 5) is 11.7. The van der Waals surface area contributed by atoms with Crippen molar-refractivity contribution in [3.8, 4) is 5.75 Å². The Morgan fingerprint density at radius 3 is 2.24 bits per heavy atom. The van der Waals surface area contributed by atoms with E-state index in [1.807, 2.05) is 20.8 Å². The summed E-state index contributed by atoms with van der Waals surface area (Å²) in [6.45, 7) is 5.60. The van der Waals surface area contributed by atoms with Crippen molar-refractivity contribution < 1.29 is 14.6 Å². The Bertz CT molecular complexity index is 379. The van der Waals surface area contributed by atoms with Gasteiger partial charge in [0.05, 0.1) is 7.11 Å². The number of rotatable bonds is 3. The maximum Gasteiger partial charge on any atom is 0.253 e. The minimum atomic E-state index is -1.15. The highest BCUT2D eigenvalue weighted by Crippen LogP contribution is 2.18. The second-order valence-electron chi connectivity index (χ2n) is 4.91. The van der Waals surface area contributed by atoms with Crippen molar-refractivity contribution in [2.24, 2.45) is 0 Å². The zero-order valence-electron chi connectivity index (χ0n) is 10.7. The molecule has 0 saturated carbocycles. The second kappa shape index (κ2) is 5.19. The third kappa shape index (κ3) is 4.07. The number of methoxy groups -OCH3 is 1. The lowest BCUT2D eigenvalue weighted by atomic mass is 10.1. The van der Waals surface area contributed by atoms with Gasteiger partial charge in [-0.15, -0.1) is 0 Å². The van der Waals surface area contributed by atoms with Crippen LogP contribution in [0.3, 0.4) is 0 Å². The first-order valence-electron chi connectivity index (χ1n) is 5.47. The molecule has 0 spiro atoms. The van der Waals surface area contributed by atoms with Crippen LogP contribution in [0.4, 0.5) is 0 Å². The van der Waals surface area contributed by atoms with Gasteiger partial charge in [-0.05, 0) is 38.5 Å². The van der Waals surface area contributed by atoms with Gasteiger partial charge < -0.3 is 15.2 Å². The van der Waals surface area contributed by atoms with Crippen molar-refractivity contribution in [2.45, 2.75) is 32.4 Å². The van der Waals surface area contributed by atoms with Gasteiger partial charge in [0, 0.05) is 5.54 Å². The Hall–Kier alpha value is -1.55. The van der Waals surface area contributed by atoms with E-state index in [9.17, 15) is 9.90 Å². The number of carbonyl (C=O) groups is 1. The Labute approximate surface area is 102 Å². The van der Waals surface area contributed by atoms with E-state index in [-0.39, 0.29) is 5.54 Å². The fourth-order valence-corrected chi connectivity index (χ4v) is 1.38. The summed E-state index contributed by atoms with van der Waals surface area (Å²) in [5, 5.41) is 12.6. The smallest absolute Gasteiger partial charge is 0.253 e. The van der Waals surface area contributed by atoms with E-state index in [0.29, 0.717) is 11.3 Å². The fourth-order valence-electron chi connectivity index (χ4n) is 1.38. The van der Waals surface area contributed by atoms with E-state index < -0.39 is 12.0 Å². The van der Waals surface area contributed by atoms with Crippen LogP contribution in [0.2, 0.25) is 0 Å². The van der Waals surface area contributed by atoms with Gasteiger partial charge in [0.2, 0.25) is 0 Å². The Balaban J connectivity index is 2.74. The van der Waals surface area contributed by atoms with Crippen molar-refractivity contribution in [2.75, 3.05) is 7.11 Å². The zero-order chi connectivity index (χ0) is 13.1. The van der Waals surface area contributed by atoms with Gasteiger partial charge in [0.1, 0.15) is 5.75 Å². The topological polar surface area (TPSA) is 58.6 Å². The van der Waals surface area contributed by atoms with Gasteiger partial charge >= 0.3 is 0 Å². The van der Waals surface area contributed by atoms with Crippen LogP contribution in [0.1, 0.15) is 32.4 Å². The van der Waals surface area contributed by atoms with E-state index in [0.717, 1.165) is 0 Å². The summed E-state index contributed by atoms with van der Waals surface area (Å²) in [6.07, 6.45) is -1.15. The molecule has 0 aliphatic heterocycles. The molecule has 1 atom stereocenters. The van der Waals surface area contributed by atoms with Crippen LogP contribution < -0.4 is 10.1 Å². The Kier molecular flexibility index (Phi) is 4.12. The highest BCUT2D eigenvalue weighted by atomic mass is 16.5. The van der Waals surface area contributed by atoms with E-state index in [1.165, 1.54) is 0 Å². The van der Waals surface area contributed by atoms with E-state index in [1.54, 1.807) is 31.4 Å². The first kappa shape index (κ1) is 13.5. The molecular weight excluding hydrogens is 218 g/mol. The number of carbonyl (C=O) groups excluding carboxylic acids is 1. The number of amides is 1. The molecule has 4 nitrogen and oxygen atoms in total. The molecule has 4 heteroatoms. The maximum absolute atomic E-state index is 11.7. The molecule has 1 aromatic carbocycles. The van der Waals surface area contributed by atoms with Gasteiger partial charge in [0.15, 0.2) is 6.10 Å². The number of hydrogen-bond donors (Lipinski definition) is 2. The van der Waals surface area contributed by atoms with Gasteiger partial charge in [-0.3, -0.25) is 4.79 Å². The Morgan fingerprint density at radius 1 is 1.29 bits per heavy atom. The highest BCUT2D eigenvalue weighted by Gasteiger charge is 2.21. The summed E-state index contributed by atoms with van der Waals surface area (Å²) < 4.78 is 5.01. The SMILES string of the molecule is COc1ccc(C(O)C(=O)NC(C)(C)C)cc1. The summed E-state index contributed by atoms with van der Waals surface area (Å²) in [7, 11) is 1.57. The van der Waals surface area contributed by atoms with Crippen LogP contribution >= 0.6 is 0 Å². The summed E-state index contributed by atoms with van der Waals surface area (Å²) in [5.74, 6) is 0.292. The first-order valence-corrected chi connectivity index (χ1v) is 5.47. The number of aliphatic hydroxyl groups is 1. The summed E-state index contributed by atoms with van der Waals surface area (Å²) >= 11 is 0. The van der Waals surface area contributed by atoms with Crippen molar-refractivity contribution >= 4 is 5.91 Å². The molecule has 0 heterocycles. The lowest BCUT2D eigenvalue weighted by molar-refractivity contribution is -0.131. The lowest BCUT2D eigenvalue weighted by Gasteiger charge is -2.22. The predicted octanol–water partition coefficient (Wildman–Crippen LogP) is 1.64. The molecule has 1 amide bonds. The summed E-state index contributed by atoms with van der Waals surface area (Å²) in [6, 6.07) is 6.77. The molecule has 0 fully saturated rings. The van der Waals surface area contributed by atoms with Crippen LogP contribution in [0.25, 0.3) is 0 Å². The van der Waals surface area contributed by atoms with Crippen molar-refractivity contribution in [1.29, 1.82) is 0 Å². The van der Waals surface area contributed by atoms with Crippen LogP contribution in [-0.2, 0) is 4.79 Å². The highest BCUT2D eigenvalue weighted by molar-refractivity contribution is 5.82. The van der Waals surface area contributed by atoms with Crippen molar-refractivity contribution in [3.63, 3.8) is 0 Å². The quantitative estimate of drug-likeness (QED) is 0.840. The molecule has 0 bridgehead atoms. The minimum Gasteiger partial charge on any atom is -0.497 e. The normalized spacial score (nSPS) is 13.0. The van der Waals surface area contributed by atoms with E-state index in [4.69, 9.17) is 4.74 Å². The Morgan fingerprint density at radius 2 is 1.82 bits per heavy atom. The molecule has 2 N–H and O–H groups in total. The number of ether oxygens (including phenoxy) is 1. The average molecular weight is 237 g/mol. The molecule has 1 unspecified atom stereocenters. The zero-order valence-corrected chi connectivity index (χ0v) is 10.7. The van der Waals surface area contributed by atoms with Gasteiger partial charge in [-0.25, -0.2) is 0 Å². The third-order valence-corrected chi connectivity index (χ3v) is 2.18. The number of nitrogens with one attached hydrogen (secondary N) is 1. The minimum absolute atomic E-state index is 0.357. The largest absolute Gasteiger partial charge is 0.497 e. The standard InChI is InChI=1S/C13H19NO3/c1-13(2,3)14-12(16)11(15)9-5-7-10(17-4)8-6-9/h5-8,11,15H,1-4H3,(H,14,16). The van der Waals surface area contributed by atoms with Crippen LogP contribution in [0.5, 0.6) is 5.75 Å². The molecule has 0 aromatic heterocycles. The van der Waals surface area contributed by atoms with Crippen molar-refractivity contribution in [3.05, 3.63) is 29.8 Å². The second-order valence-corrected chi connectivity index (χ2v) is 4.91. The van der Waals surface area contributed by atoms with E-state index in [2.05, 4.69) is 5.32 Å². The molecule has 0 saturated heterocycles. The molecule has 94 valence electrons. The molecular formula is C13H19NO3. The molecule has 1 aromatic rings. The monoisotopic (exact) mass is 237 g/mol. The molecule has 1 rings (SSSR count). The van der Waals surface area contributed by atoms with Crippen molar-refractivity contribution in [1.82, 2.24) is 5.32 Å². The average Bonchev–Trinajstić information content (AvgIpc) is 2.26. The fraction of sp³-hybridized carbons (Fsp3) is 0.462. The van der Waals surface area contributed by atoms with Gasteiger partial charge in [-0.1, -0.05) is 12.1 Å². The molecule has 17 heavy (non-hydrogen) atoms. The maximum atomic E-state index is 11.7. The van der Waals surface area contributed by atoms with Gasteiger partial charge in [-0.2, -0.15) is 0 Å². The number of hydrogen-bond acceptors (Lipinski definition) is 3. The predicted molar refractivity (Wildman–Crippen MR) is 65.8 cm³/mol. The molecule has 0 aliphatic rings.